The van der Waals surface area contributed by atoms with E-state index in [1.54, 1.807) is 5.57 Å². The molecule has 1 aromatic rings. The molecule has 2 atom stereocenters. The first-order chi connectivity index (χ1) is 10.2. The molecule has 0 saturated carbocycles. The van der Waals surface area contributed by atoms with Crippen LogP contribution >= 0.6 is 0 Å². The number of hydrogen-bond acceptors (Lipinski definition) is 2. The minimum absolute atomic E-state index is 0.319. The molecule has 0 radical (unpaired) electrons. The monoisotopic (exact) mass is 285 g/mol. The van der Waals surface area contributed by atoms with Crippen LogP contribution in [0.5, 0.6) is 5.75 Å². The van der Waals surface area contributed by atoms with Crippen molar-refractivity contribution in [2.75, 3.05) is 6.54 Å². The molecular formula is C19H27NO. The van der Waals surface area contributed by atoms with E-state index in [0.717, 1.165) is 24.9 Å². The molecule has 2 nitrogen and oxygen atoms in total. The molecule has 2 heteroatoms. The summed E-state index contributed by atoms with van der Waals surface area (Å²) in [6.07, 6.45) is 9.95. The molecular weight excluding hydrogens is 258 g/mol. The van der Waals surface area contributed by atoms with Gasteiger partial charge in [-0.15, -0.1) is 0 Å². The average molecular weight is 285 g/mol. The van der Waals surface area contributed by atoms with E-state index in [4.69, 9.17) is 0 Å². The van der Waals surface area contributed by atoms with Crippen molar-refractivity contribution < 1.29 is 5.11 Å². The fourth-order valence-electron chi connectivity index (χ4n) is 4.07. The molecule has 3 rings (SSSR count). The molecule has 2 N–H and O–H groups in total. The molecule has 114 valence electrons. The SMILES string of the molecule is Cc1ccc(O)c2c1C(C)CC2NCCC1=CCCCC1. The van der Waals surface area contributed by atoms with Crippen LogP contribution in [0.3, 0.4) is 0 Å². The second kappa shape index (κ2) is 6.23. The summed E-state index contributed by atoms with van der Waals surface area (Å²) in [4.78, 5) is 0. The summed E-state index contributed by atoms with van der Waals surface area (Å²) in [6.45, 7) is 5.46. The van der Waals surface area contributed by atoms with Crippen molar-refractivity contribution in [2.45, 2.75) is 64.3 Å². The molecule has 0 amide bonds. The quantitative estimate of drug-likeness (QED) is 0.784. The van der Waals surface area contributed by atoms with Crippen LogP contribution in [0.4, 0.5) is 0 Å². The fourth-order valence-corrected chi connectivity index (χ4v) is 4.07. The molecule has 2 aliphatic carbocycles. The van der Waals surface area contributed by atoms with Crippen LogP contribution in [-0.4, -0.2) is 11.7 Å². The van der Waals surface area contributed by atoms with Gasteiger partial charge in [0.2, 0.25) is 0 Å². The highest BCUT2D eigenvalue weighted by Gasteiger charge is 2.31. The molecule has 0 saturated heterocycles. The minimum Gasteiger partial charge on any atom is -0.508 e. The van der Waals surface area contributed by atoms with Crippen molar-refractivity contribution in [3.05, 3.63) is 40.5 Å². The van der Waals surface area contributed by atoms with E-state index in [2.05, 4.69) is 25.2 Å². The number of phenolic OH excluding ortho intramolecular Hbond substituents is 1. The van der Waals surface area contributed by atoms with Crippen LogP contribution < -0.4 is 5.32 Å². The van der Waals surface area contributed by atoms with Crippen LogP contribution in [0.25, 0.3) is 0 Å². The number of phenols is 1. The number of rotatable bonds is 4. The fraction of sp³-hybridized carbons (Fsp3) is 0.579. The van der Waals surface area contributed by atoms with Gasteiger partial charge in [0.05, 0.1) is 0 Å². The van der Waals surface area contributed by atoms with E-state index >= 15 is 0 Å². The van der Waals surface area contributed by atoms with Gasteiger partial charge >= 0.3 is 0 Å². The van der Waals surface area contributed by atoms with Gasteiger partial charge in [-0.3, -0.25) is 0 Å². The van der Waals surface area contributed by atoms with Crippen molar-refractivity contribution >= 4 is 0 Å². The molecule has 2 unspecified atom stereocenters. The number of benzene rings is 1. The first-order valence-electron chi connectivity index (χ1n) is 8.40. The maximum atomic E-state index is 10.2. The number of hydrogen-bond donors (Lipinski definition) is 2. The summed E-state index contributed by atoms with van der Waals surface area (Å²) in [6, 6.07) is 4.21. The molecule has 0 heterocycles. The van der Waals surface area contributed by atoms with Gasteiger partial charge in [-0.25, -0.2) is 0 Å². The third kappa shape index (κ3) is 3.01. The predicted molar refractivity (Wildman–Crippen MR) is 87.8 cm³/mol. The Morgan fingerprint density at radius 2 is 2.10 bits per heavy atom. The topological polar surface area (TPSA) is 32.3 Å². The first-order valence-corrected chi connectivity index (χ1v) is 8.40. The number of nitrogens with one attached hydrogen (secondary N) is 1. The zero-order valence-corrected chi connectivity index (χ0v) is 13.3. The van der Waals surface area contributed by atoms with Gasteiger partial charge in [-0.1, -0.05) is 24.6 Å². The second-order valence-electron chi connectivity index (χ2n) is 6.73. The molecule has 0 aromatic heterocycles. The lowest BCUT2D eigenvalue weighted by Crippen LogP contribution is -2.21. The Bertz CT molecular complexity index is 547. The Morgan fingerprint density at radius 1 is 1.24 bits per heavy atom. The number of allylic oxidation sites excluding steroid dienone is 1. The zero-order valence-electron chi connectivity index (χ0n) is 13.3. The smallest absolute Gasteiger partial charge is 0.120 e. The lowest BCUT2D eigenvalue weighted by molar-refractivity contribution is 0.445. The molecule has 0 aliphatic heterocycles. The Balaban J connectivity index is 1.66. The predicted octanol–water partition coefficient (Wildman–Crippen LogP) is 4.73. The third-order valence-electron chi connectivity index (χ3n) is 5.13. The summed E-state index contributed by atoms with van der Waals surface area (Å²) < 4.78 is 0. The summed E-state index contributed by atoms with van der Waals surface area (Å²) in [7, 11) is 0. The number of aryl methyl sites for hydroxylation is 1. The van der Waals surface area contributed by atoms with Gasteiger partial charge in [-0.2, -0.15) is 0 Å². The number of fused-ring (bicyclic) bond motifs is 1. The standard InChI is InChI=1S/C19H27NO/c1-13-8-9-17(21)19-16(12-14(2)18(13)19)20-11-10-15-6-4-3-5-7-15/h6,8-9,14,16,20-21H,3-5,7,10-12H2,1-2H3. The van der Waals surface area contributed by atoms with Crippen molar-refractivity contribution in [1.82, 2.24) is 5.32 Å². The highest BCUT2D eigenvalue weighted by atomic mass is 16.3. The highest BCUT2D eigenvalue weighted by molar-refractivity contribution is 5.50. The van der Waals surface area contributed by atoms with E-state index in [1.807, 2.05) is 12.1 Å². The lowest BCUT2D eigenvalue weighted by Gasteiger charge is -2.18. The van der Waals surface area contributed by atoms with E-state index in [9.17, 15) is 5.11 Å². The van der Waals surface area contributed by atoms with Crippen molar-refractivity contribution in [3.63, 3.8) is 0 Å². The Labute approximate surface area is 128 Å². The van der Waals surface area contributed by atoms with Crippen LogP contribution in [0.1, 0.15) is 74.1 Å². The van der Waals surface area contributed by atoms with Crippen molar-refractivity contribution in [2.24, 2.45) is 0 Å². The van der Waals surface area contributed by atoms with Gasteiger partial charge in [0.1, 0.15) is 5.75 Å². The van der Waals surface area contributed by atoms with E-state index in [-0.39, 0.29) is 0 Å². The van der Waals surface area contributed by atoms with Gasteiger partial charge in [0.25, 0.3) is 0 Å². The maximum absolute atomic E-state index is 10.2. The zero-order chi connectivity index (χ0) is 14.8. The Morgan fingerprint density at radius 3 is 2.86 bits per heavy atom. The van der Waals surface area contributed by atoms with Crippen molar-refractivity contribution in [3.8, 4) is 5.75 Å². The van der Waals surface area contributed by atoms with Gasteiger partial charge in [-0.05, 0) is 75.1 Å². The van der Waals surface area contributed by atoms with Gasteiger partial charge < -0.3 is 10.4 Å². The third-order valence-corrected chi connectivity index (χ3v) is 5.13. The molecule has 0 spiro atoms. The van der Waals surface area contributed by atoms with Crippen LogP contribution in [-0.2, 0) is 0 Å². The average Bonchev–Trinajstić information content (AvgIpc) is 2.82. The molecule has 21 heavy (non-hydrogen) atoms. The molecule has 0 fully saturated rings. The van der Waals surface area contributed by atoms with Crippen molar-refractivity contribution in [1.29, 1.82) is 0 Å². The van der Waals surface area contributed by atoms with Gasteiger partial charge in [0, 0.05) is 11.6 Å². The summed E-state index contributed by atoms with van der Waals surface area (Å²) in [5.74, 6) is 1.01. The molecule has 0 bridgehead atoms. The molecule has 1 aromatic carbocycles. The highest BCUT2D eigenvalue weighted by Crippen LogP contribution is 2.45. The lowest BCUT2D eigenvalue weighted by atomic mass is 9.97. The molecule has 2 aliphatic rings. The van der Waals surface area contributed by atoms with Crippen LogP contribution in [0.15, 0.2) is 23.8 Å². The van der Waals surface area contributed by atoms with E-state index in [1.165, 1.54) is 36.8 Å². The second-order valence-corrected chi connectivity index (χ2v) is 6.73. The normalized spacial score (nSPS) is 24.8. The summed E-state index contributed by atoms with van der Waals surface area (Å²) in [5.41, 5.74) is 5.45. The van der Waals surface area contributed by atoms with Crippen LogP contribution in [0.2, 0.25) is 0 Å². The summed E-state index contributed by atoms with van der Waals surface area (Å²) >= 11 is 0. The Hall–Kier alpha value is -1.28. The van der Waals surface area contributed by atoms with E-state index < -0.39 is 0 Å². The minimum atomic E-state index is 0.319. The largest absolute Gasteiger partial charge is 0.508 e. The van der Waals surface area contributed by atoms with Gasteiger partial charge in [0.15, 0.2) is 0 Å². The number of aromatic hydroxyl groups is 1. The van der Waals surface area contributed by atoms with Crippen LogP contribution in [0, 0.1) is 6.92 Å². The van der Waals surface area contributed by atoms with E-state index in [0.29, 0.717) is 17.7 Å². The Kier molecular flexibility index (Phi) is 4.34. The summed E-state index contributed by atoms with van der Waals surface area (Å²) in [5, 5.41) is 13.9. The maximum Gasteiger partial charge on any atom is 0.120 e. The first kappa shape index (κ1) is 14.6.